The summed E-state index contributed by atoms with van der Waals surface area (Å²) >= 11 is 0. The van der Waals surface area contributed by atoms with Gasteiger partial charge in [0.15, 0.2) is 0 Å². The third kappa shape index (κ3) is 10.7. The number of aryl methyl sites for hydroxylation is 1. The molecule has 1 nitrogen and oxygen atoms in total. The van der Waals surface area contributed by atoms with Crippen LogP contribution < -0.4 is 0 Å². The highest BCUT2D eigenvalue weighted by atomic mass is 16.3. The average Bonchev–Trinajstić information content (AvgIpc) is 2.48. The van der Waals surface area contributed by atoms with Gasteiger partial charge in [-0.25, -0.2) is 0 Å². The Morgan fingerprint density at radius 3 is 1.95 bits per heavy atom. The third-order valence-corrected chi connectivity index (χ3v) is 3.37. The van der Waals surface area contributed by atoms with Crippen molar-refractivity contribution in [1.29, 1.82) is 0 Å². The zero-order valence-corrected chi connectivity index (χ0v) is 13.6. The van der Waals surface area contributed by atoms with E-state index < -0.39 is 0 Å². The molecule has 0 saturated heterocycles. The number of hydrogen-bond acceptors (Lipinski definition) is 1. The normalized spacial score (nSPS) is 10.3. The molecule has 0 heterocycles. The van der Waals surface area contributed by atoms with E-state index in [2.05, 4.69) is 6.92 Å². The van der Waals surface area contributed by atoms with Crippen LogP contribution in [0.5, 0.6) is 5.75 Å². The number of aromatic hydroxyl groups is 1. The van der Waals surface area contributed by atoms with Gasteiger partial charge in [0, 0.05) is 0 Å². The zero-order valence-electron chi connectivity index (χ0n) is 13.6. The lowest BCUT2D eigenvalue weighted by Crippen LogP contribution is -1.87. The molecule has 0 aromatic heterocycles. The fourth-order valence-electron chi connectivity index (χ4n) is 1.99. The molecule has 0 amide bonds. The van der Waals surface area contributed by atoms with Gasteiger partial charge in [0.25, 0.3) is 0 Å². The molecule has 0 atom stereocenters. The third-order valence-electron chi connectivity index (χ3n) is 3.37. The van der Waals surface area contributed by atoms with Crippen molar-refractivity contribution in [1.82, 2.24) is 0 Å². The van der Waals surface area contributed by atoms with Crippen molar-refractivity contribution in [2.75, 3.05) is 0 Å². The Hall–Kier alpha value is -1.24. The summed E-state index contributed by atoms with van der Waals surface area (Å²) < 4.78 is 0. The van der Waals surface area contributed by atoms with Crippen molar-refractivity contribution < 1.29 is 5.11 Å². The highest BCUT2D eigenvalue weighted by Gasteiger charge is 1.98. The summed E-state index contributed by atoms with van der Waals surface area (Å²) in [7, 11) is 0. The van der Waals surface area contributed by atoms with Crippen molar-refractivity contribution in [3.8, 4) is 5.75 Å². The predicted octanol–water partition coefficient (Wildman–Crippen LogP) is 6.27. The summed E-state index contributed by atoms with van der Waals surface area (Å²) in [5.41, 5.74) is 1.09. The van der Waals surface area contributed by atoms with Gasteiger partial charge >= 0.3 is 0 Å². The lowest BCUT2D eigenvalue weighted by molar-refractivity contribution is 0.466. The van der Waals surface area contributed by atoms with Gasteiger partial charge in [-0.1, -0.05) is 75.8 Å². The number of unbranched alkanes of at least 4 members (excludes halogenated alkanes) is 6. The Kier molecular flexibility index (Phi) is 13.3. The highest BCUT2D eigenvalue weighted by Crippen LogP contribution is 2.18. The summed E-state index contributed by atoms with van der Waals surface area (Å²) in [6.07, 6.45) is 14.3. The van der Waals surface area contributed by atoms with Crippen molar-refractivity contribution >= 4 is 0 Å². The second-order valence-corrected chi connectivity index (χ2v) is 5.17. The molecule has 114 valence electrons. The molecule has 1 N–H and O–H groups in total. The van der Waals surface area contributed by atoms with Gasteiger partial charge in [0.05, 0.1) is 0 Å². The predicted molar refractivity (Wildman–Crippen MR) is 90.3 cm³/mol. The summed E-state index contributed by atoms with van der Waals surface area (Å²) in [5.74, 6) is 0.452. The molecule has 0 fully saturated rings. The van der Waals surface area contributed by atoms with Crippen LogP contribution in [0.15, 0.2) is 36.4 Å². The smallest absolute Gasteiger partial charge is 0.118 e. The molecule has 0 aliphatic carbocycles. The summed E-state index contributed by atoms with van der Waals surface area (Å²) in [6, 6.07) is 7.67. The van der Waals surface area contributed by atoms with E-state index in [1.54, 1.807) is 6.07 Å². The minimum atomic E-state index is 0.452. The van der Waals surface area contributed by atoms with Crippen molar-refractivity contribution in [2.24, 2.45) is 0 Å². The van der Waals surface area contributed by atoms with E-state index in [4.69, 9.17) is 0 Å². The summed E-state index contributed by atoms with van der Waals surface area (Å²) in [4.78, 5) is 0. The van der Waals surface area contributed by atoms with Gasteiger partial charge in [0.2, 0.25) is 0 Å². The molecule has 0 aliphatic heterocycles. The second kappa shape index (κ2) is 14.2. The molecule has 0 unspecified atom stereocenters. The molecule has 0 radical (unpaired) electrons. The van der Waals surface area contributed by atoms with Crippen LogP contribution in [0.2, 0.25) is 0 Å². The minimum absolute atomic E-state index is 0.452. The Morgan fingerprint density at radius 1 is 0.850 bits per heavy atom. The van der Waals surface area contributed by atoms with Gasteiger partial charge < -0.3 is 5.11 Å². The maximum absolute atomic E-state index is 9.58. The largest absolute Gasteiger partial charge is 0.508 e. The number of phenols is 1. The van der Waals surface area contributed by atoms with Crippen molar-refractivity contribution in [2.45, 2.75) is 72.1 Å². The lowest BCUT2D eigenvalue weighted by atomic mass is 10.0. The van der Waals surface area contributed by atoms with Crippen molar-refractivity contribution in [3.63, 3.8) is 0 Å². The molecule has 1 heteroatoms. The first-order valence-corrected chi connectivity index (χ1v) is 8.10. The van der Waals surface area contributed by atoms with E-state index in [0.29, 0.717) is 5.75 Å². The van der Waals surface area contributed by atoms with Gasteiger partial charge in [-0.3, -0.25) is 0 Å². The highest BCUT2D eigenvalue weighted by molar-refractivity contribution is 5.31. The summed E-state index contributed by atoms with van der Waals surface area (Å²) in [6.45, 7) is 6.25. The van der Waals surface area contributed by atoms with Crippen LogP contribution in [0, 0.1) is 0 Å². The number of allylic oxidation sites excluding steroid dienone is 2. The molecule has 20 heavy (non-hydrogen) atoms. The van der Waals surface area contributed by atoms with E-state index in [1.807, 2.05) is 44.2 Å². The number of benzene rings is 1. The molecule has 1 aromatic rings. The fraction of sp³-hybridized carbons (Fsp3) is 0.579. The molecule has 0 saturated carbocycles. The zero-order chi connectivity index (χ0) is 15.1. The Balaban J connectivity index is 0.000000796. The van der Waals surface area contributed by atoms with Gasteiger partial charge in [-0.15, -0.1) is 0 Å². The summed E-state index contributed by atoms with van der Waals surface area (Å²) in [5, 5.41) is 9.58. The van der Waals surface area contributed by atoms with Crippen LogP contribution in [0.25, 0.3) is 0 Å². The van der Waals surface area contributed by atoms with E-state index in [-0.39, 0.29) is 0 Å². The van der Waals surface area contributed by atoms with Gasteiger partial charge in [0.1, 0.15) is 5.75 Å². The first kappa shape index (κ1) is 18.8. The maximum Gasteiger partial charge on any atom is 0.118 e. The molecule has 0 aliphatic rings. The Morgan fingerprint density at radius 2 is 1.40 bits per heavy atom. The van der Waals surface area contributed by atoms with Crippen LogP contribution in [-0.4, -0.2) is 5.11 Å². The standard InChI is InChI=1S/C15H24O.C4H8/c1-2-3-4-5-6-7-8-11-14-12-9-10-13-15(14)16;1-3-4-2/h9-10,12-13,16H,2-8,11H2,1H3;3-4H,1-2H3. The SMILES string of the molecule is CC=CC.CCCCCCCCCc1ccccc1O. The van der Waals surface area contributed by atoms with Gasteiger partial charge in [-0.2, -0.15) is 0 Å². The van der Waals surface area contributed by atoms with Crippen LogP contribution >= 0.6 is 0 Å². The van der Waals surface area contributed by atoms with E-state index in [9.17, 15) is 5.11 Å². The quantitative estimate of drug-likeness (QED) is 0.438. The molecule has 0 spiro atoms. The monoisotopic (exact) mass is 276 g/mol. The average molecular weight is 276 g/mol. The first-order chi connectivity index (χ1) is 9.76. The second-order valence-electron chi connectivity index (χ2n) is 5.17. The number of hydrogen-bond donors (Lipinski definition) is 1. The van der Waals surface area contributed by atoms with Gasteiger partial charge in [-0.05, 0) is 38.3 Å². The molecule has 1 aromatic carbocycles. The Labute approximate surface area is 125 Å². The van der Waals surface area contributed by atoms with Crippen molar-refractivity contribution in [3.05, 3.63) is 42.0 Å². The number of rotatable bonds is 8. The lowest BCUT2D eigenvalue weighted by Gasteiger charge is -2.04. The van der Waals surface area contributed by atoms with Crippen LogP contribution in [-0.2, 0) is 6.42 Å². The topological polar surface area (TPSA) is 20.2 Å². The van der Waals surface area contributed by atoms with E-state index >= 15 is 0 Å². The molecule has 1 rings (SSSR count). The van der Waals surface area contributed by atoms with E-state index in [1.165, 1.54) is 44.9 Å². The minimum Gasteiger partial charge on any atom is -0.508 e. The van der Waals surface area contributed by atoms with Crippen LogP contribution in [0.1, 0.15) is 71.3 Å². The fourth-order valence-corrected chi connectivity index (χ4v) is 1.99. The van der Waals surface area contributed by atoms with Crippen LogP contribution in [0.4, 0.5) is 0 Å². The first-order valence-electron chi connectivity index (χ1n) is 8.10. The molecular formula is C19H32O. The van der Waals surface area contributed by atoms with E-state index in [0.717, 1.165) is 12.0 Å². The molecule has 0 bridgehead atoms. The maximum atomic E-state index is 9.58. The number of phenolic OH excluding ortho intramolecular Hbond substituents is 1. The number of para-hydroxylation sites is 1. The molecular weight excluding hydrogens is 244 g/mol. The van der Waals surface area contributed by atoms with Crippen LogP contribution in [0.3, 0.4) is 0 Å². The Bertz CT molecular complexity index is 337.